The van der Waals surface area contributed by atoms with Gasteiger partial charge >= 0.3 is 0 Å². The van der Waals surface area contributed by atoms with Gasteiger partial charge in [0, 0.05) is 6.42 Å². The number of rotatable bonds is 5. The largest absolute Gasteiger partial charge is 0.508 e. The van der Waals surface area contributed by atoms with E-state index in [1.807, 2.05) is 19.9 Å². The Morgan fingerprint density at radius 2 is 2.18 bits per heavy atom. The summed E-state index contributed by atoms with van der Waals surface area (Å²) in [6.45, 7) is 4.34. The number of carbonyl (C=O) groups is 1. The van der Waals surface area contributed by atoms with Gasteiger partial charge in [-0.05, 0) is 37.1 Å². The molecule has 0 saturated carbocycles. The zero-order chi connectivity index (χ0) is 12.8. The van der Waals surface area contributed by atoms with E-state index in [4.69, 9.17) is 5.73 Å². The first-order valence-electron chi connectivity index (χ1n) is 5.81. The number of nitrogens with one attached hydrogen (secondary N) is 1. The molecule has 0 aromatic heterocycles. The van der Waals surface area contributed by atoms with Crippen LogP contribution in [0.2, 0.25) is 0 Å². The maximum Gasteiger partial charge on any atom is 0.220 e. The van der Waals surface area contributed by atoms with Crippen LogP contribution in [0.4, 0.5) is 0 Å². The molecule has 0 spiro atoms. The first-order valence-corrected chi connectivity index (χ1v) is 5.81. The van der Waals surface area contributed by atoms with Gasteiger partial charge in [0.15, 0.2) is 0 Å². The van der Waals surface area contributed by atoms with E-state index in [0.29, 0.717) is 13.0 Å². The Labute approximate surface area is 102 Å². The number of phenolic OH excluding ortho intramolecular Hbond substituents is 1. The second-order valence-corrected chi connectivity index (χ2v) is 4.43. The smallest absolute Gasteiger partial charge is 0.220 e. The van der Waals surface area contributed by atoms with E-state index in [9.17, 15) is 9.90 Å². The first-order chi connectivity index (χ1) is 8.02. The second kappa shape index (κ2) is 6.25. The number of hydrogen-bond acceptors (Lipinski definition) is 3. The molecule has 0 saturated heterocycles. The molecule has 1 rings (SSSR count). The Balaban J connectivity index is 2.54. The number of hydrogen-bond donors (Lipinski definition) is 3. The molecular weight excluding hydrogens is 216 g/mol. The van der Waals surface area contributed by atoms with Crippen molar-refractivity contribution in [2.24, 2.45) is 11.7 Å². The predicted molar refractivity (Wildman–Crippen MR) is 67.5 cm³/mol. The van der Waals surface area contributed by atoms with Crippen LogP contribution in [0.5, 0.6) is 5.75 Å². The lowest BCUT2D eigenvalue weighted by Crippen LogP contribution is -2.29. The van der Waals surface area contributed by atoms with Crippen molar-refractivity contribution in [2.45, 2.75) is 26.3 Å². The molecule has 0 aliphatic rings. The lowest BCUT2D eigenvalue weighted by atomic mass is 10.1. The number of carbonyl (C=O) groups excluding carboxylic acids is 1. The summed E-state index contributed by atoms with van der Waals surface area (Å²) in [4.78, 5) is 11.7. The fourth-order valence-electron chi connectivity index (χ4n) is 1.58. The number of benzene rings is 1. The van der Waals surface area contributed by atoms with Crippen LogP contribution in [-0.4, -0.2) is 17.6 Å². The van der Waals surface area contributed by atoms with Crippen LogP contribution in [0.3, 0.4) is 0 Å². The van der Waals surface area contributed by atoms with Gasteiger partial charge in [-0.2, -0.15) is 0 Å². The van der Waals surface area contributed by atoms with Crippen molar-refractivity contribution in [3.63, 3.8) is 0 Å². The van der Waals surface area contributed by atoms with Gasteiger partial charge in [-0.3, -0.25) is 4.79 Å². The molecule has 0 aliphatic heterocycles. The third-order valence-corrected chi connectivity index (χ3v) is 2.68. The van der Waals surface area contributed by atoms with Crippen molar-refractivity contribution >= 4 is 5.91 Å². The minimum Gasteiger partial charge on any atom is -0.508 e. The van der Waals surface area contributed by atoms with Gasteiger partial charge in [0.25, 0.3) is 0 Å². The van der Waals surface area contributed by atoms with Gasteiger partial charge < -0.3 is 16.2 Å². The number of phenols is 1. The summed E-state index contributed by atoms with van der Waals surface area (Å²) in [5, 5.41) is 12.2. The van der Waals surface area contributed by atoms with E-state index in [1.54, 1.807) is 18.2 Å². The molecule has 2 atom stereocenters. The third-order valence-electron chi connectivity index (χ3n) is 2.68. The molecule has 0 heterocycles. The van der Waals surface area contributed by atoms with Gasteiger partial charge in [-0.1, -0.05) is 19.1 Å². The van der Waals surface area contributed by atoms with Crippen LogP contribution in [0, 0.1) is 5.92 Å². The maximum absolute atomic E-state index is 11.7. The quantitative estimate of drug-likeness (QED) is 0.726. The third kappa shape index (κ3) is 4.44. The van der Waals surface area contributed by atoms with Crippen molar-refractivity contribution in [3.05, 3.63) is 29.8 Å². The normalized spacial score (nSPS) is 14.1. The Kier molecular flexibility index (Phi) is 4.97. The summed E-state index contributed by atoms with van der Waals surface area (Å²) in [6, 6.07) is 6.78. The van der Waals surface area contributed by atoms with E-state index in [1.165, 1.54) is 0 Å². The molecule has 0 radical (unpaired) electrons. The van der Waals surface area contributed by atoms with E-state index in [2.05, 4.69) is 5.32 Å². The van der Waals surface area contributed by atoms with Crippen LogP contribution in [0.15, 0.2) is 24.3 Å². The molecule has 1 aromatic rings. The van der Waals surface area contributed by atoms with Gasteiger partial charge in [0.2, 0.25) is 5.91 Å². The molecule has 0 fully saturated rings. The molecule has 0 bridgehead atoms. The fourth-order valence-corrected chi connectivity index (χ4v) is 1.58. The summed E-state index contributed by atoms with van der Waals surface area (Å²) < 4.78 is 0. The van der Waals surface area contributed by atoms with Crippen LogP contribution >= 0.6 is 0 Å². The molecule has 1 amide bonds. The van der Waals surface area contributed by atoms with Crippen molar-refractivity contribution in [1.82, 2.24) is 5.32 Å². The Hall–Kier alpha value is -1.55. The lowest BCUT2D eigenvalue weighted by molar-refractivity contribution is -0.122. The zero-order valence-electron chi connectivity index (χ0n) is 10.3. The Morgan fingerprint density at radius 1 is 1.47 bits per heavy atom. The summed E-state index contributed by atoms with van der Waals surface area (Å²) in [6.07, 6.45) is 0.430. The topological polar surface area (TPSA) is 75.4 Å². The van der Waals surface area contributed by atoms with E-state index < -0.39 is 0 Å². The van der Waals surface area contributed by atoms with Crippen molar-refractivity contribution in [2.75, 3.05) is 6.54 Å². The molecule has 2 unspecified atom stereocenters. The van der Waals surface area contributed by atoms with Crippen LogP contribution in [0.25, 0.3) is 0 Å². The maximum atomic E-state index is 11.7. The molecule has 4 N–H and O–H groups in total. The number of nitrogens with two attached hydrogens (primary N) is 1. The van der Waals surface area contributed by atoms with Crippen molar-refractivity contribution in [3.8, 4) is 5.75 Å². The minimum atomic E-state index is -0.112. The van der Waals surface area contributed by atoms with E-state index in [-0.39, 0.29) is 23.6 Å². The van der Waals surface area contributed by atoms with Gasteiger partial charge in [0.1, 0.15) is 5.75 Å². The highest BCUT2D eigenvalue weighted by atomic mass is 16.3. The van der Waals surface area contributed by atoms with Crippen LogP contribution in [0.1, 0.15) is 31.9 Å². The van der Waals surface area contributed by atoms with E-state index >= 15 is 0 Å². The summed E-state index contributed by atoms with van der Waals surface area (Å²) in [5.74, 6) is 0.379. The monoisotopic (exact) mass is 236 g/mol. The Bertz CT molecular complexity index is 379. The average molecular weight is 236 g/mol. The summed E-state index contributed by atoms with van der Waals surface area (Å²) in [7, 11) is 0. The predicted octanol–water partition coefficient (Wildman–Crippen LogP) is 1.55. The molecule has 4 heteroatoms. The molecular formula is C13H20N2O2. The highest BCUT2D eigenvalue weighted by Crippen LogP contribution is 2.17. The van der Waals surface area contributed by atoms with Gasteiger partial charge in [-0.25, -0.2) is 0 Å². The number of amides is 1. The second-order valence-electron chi connectivity index (χ2n) is 4.43. The van der Waals surface area contributed by atoms with Crippen molar-refractivity contribution < 1.29 is 9.90 Å². The fraction of sp³-hybridized carbons (Fsp3) is 0.462. The van der Waals surface area contributed by atoms with E-state index in [0.717, 1.165) is 5.56 Å². The molecule has 94 valence electrons. The minimum absolute atomic E-state index is 0.0150. The summed E-state index contributed by atoms with van der Waals surface area (Å²) in [5.41, 5.74) is 6.36. The zero-order valence-corrected chi connectivity index (χ0v) is 10.3. The lowest BCUT2D eigenvalue weighted by Gasteiger charge is -2.16. The van der Waals surface area contributed by atoms with Gasteiger partial charge in [-0.15, -0.1) is 0 Å². The van der Waals surface area contributed by atoms with Crippen LogP contribution in [-0.2, 0) is 4.79 Å². The standard InChI is InChI=1S/C13H20N2O2/c1-9(8-14)6-13(17)15-10(2)11-4-3-5-12(16)7-11/h3-5,7,9-10,16H,6,8,14H2,1-2H3,(H,15,17). The van der Waals surface area contributed by atoms with Crippen LogP contribution < -0.4 is 11.1 Å². The molecule has 0 aliphatic carbocycles. The molecule has 17 heavy (non-hydrogen) atoms. The van der Waals surface area contributed by atoms with Gasteiger partial charge in [0.05, 0.1) is 6.04 Å². The first kappa shape index (κ1) is 13.5. The average Bonchev–Trinajstić information content (AvgIpc) is 2.28. The summed E-state index contributed by atoms with van der Waals surface area (Å²) >= 11 is 0. The number of aromatic hydroxyl groups is 1. The molecule has 4 nitrogen and oxygen atoms in total. The highest BCUT2D eigenvalue weighted by molar-refractivity contribution is 5.76. The Morgan fingerprint density at radius 3 is 2.76 bits per heavy atom. The SMILES string of the molecule is CC(CN)CC(=O)NC(C)c1cccc(O)c1. The highest BCUT2D eigenvalue weighted by Gasteiger charge is 2.12. The molecule has 1 aromatic carbocycles. The van der Waals surface area contributed by atoms with Crippen molar-refractivity contribution in [1.29, 1.82) is 0 Å².